The molecule has 1 unspecified atom stereocenters. The summed E-state index contributed by atoms with van der Waals surface area (Å²) in [4.78, 5) is 14.7. The number of carbonyl (C=O) groups excluding carboxylic acids is 1. The van der Waals surface area contributed by atoms with Crippen LogP contribution < -0.4 is 0 Å². The van der Waals surface area contributed by atoms with Gasteiger partial charge in [-0.2, -0.15) is 5.26 Å². The summed E-state index contributed by atoms with van der Waals surface area (Å²) in [5.41, 5.74) is 0. The molecule has 1 fully saturated rings. The molecule has 2 rings (SSSR count). The SMILES string of the molecule is N#CC1CCCN(C(=O)c2cc(Br)c(Br)s2)C1. The summed E-state index contributed by atoms with van der Waals surface area (Å²) in [5, 5.41) is 8.91. The Bertz CT molecular complexity index is 461. The Hall–Kier alpha value is -0.380. The minimum absolute atomic E-state index is 0.0143. The molecule has 1 aliphatic heterocycles. The van der Waals surface area contributed by atoms with E-state index in [1.54, 1.807) is 4.90 Å². The van der Waals surface area contributed by atoms with Gasteiger partial charge in [0.2, 0.25) is 0 Å². The molecule has 3 nitrogen and oxygen atoms in total. The number of hydrogen-bond acceptors (Lipinski definition) is 3. The molecule has 0 spiro atoms. The predicted molar refractivity (Wildman–Crippen MR) is 74.0 cm³/mol. The van der Waals surface area contributed by atoms with Crippen molar-refractivity contribution in [2.75, 3.05) is 13.1 Å². The van der Waals surface area contributed by atoms with Gasteiger partial charge in [-0.05, 0) is 50.8 Å². The van der Waals surface area contributed by atoms with E-state index in [1.807, 2.05) is 6.07 Å². The van der Waals surface area contributed by atoms with Gasteiger partial charge in [0.1, 0.15) is 0 Å². The maximum absolute atomic E-state index is 12.2. The third-order valence-corrected chi connectivity index (χ3v) is 5.99. The molecule has 1 aliphatic rings. The monoisotopic (exact) mass is 376 g/mol. The van der Waals surface area contributed by atoms with E-state index in [0.717, 1.165) is 27.6 Å². The highest BCUT2D eigenvalue weighted by Crippen LogP contribution is 2.33. The lowest BCUT2D eigenvalue weighted by Gasteiger charge is -2.29. The van der Waals surface area contributed by atoms with Crippen LogP contribution in [0, 0.1) is 17.2 Å². The fourth-order valence-corrected chi connectivity index (χ4v) is 3.88. The highest BCUT2D eigenvalue weighted by Gasteiger charge is 2.25. The summed E-state index contributed by atoms with van der Waals surface area (Å²) in [6.07, 6.45) is 1.82. The van der Waals surface area contributed by atoms with Crippen LogP contribution in [0.4, 0.5) is 0 Å². The molecule has 1 saturated heterocycles. The summed E-state index contributed by atoms with van der Waals surface area (Å²) < 4.78 is 1.83. The van der Waals surface area contributed by atoms with E-state index in [4.69, 9.17) is 5.26 Å². The van der Waals surface area contributed by atoms with Crippen molar-refractivity contribution in [3.05, 3.63) is 19.2 Å². The van der Waals surface area contributed by atoms with Crippen molar-refractivity contribution in [2.24, 2.45) is 5.92 Å². The quantitative estimate of drug-likeness (QED) is 0.749. The number of likely N-dealkylation sites (tertiary alicyclic amines) is 1. The Morgan fingerprint density at radius 1 is 1.59 bits per heavy atom. The smallest absolute Gasteiger partial charge is 0.264 e. The topological polar surface area (TPSA) is 44.1 Å². The van der Waals surface area contributed by atoms with E-state index in [-0.39, 0.29) is 11.8 Å². The van der Waals surface area contributed by atoms with E-state index in [0.29, 0.717) is 11.4 Å². The molecule has 17 heavy (non-hydrogen) atoms. The molecule has 0 saturated carbocycles. The van der Waals surface area contributed by atoms with Gasteiger partial charge in [0, 0.05) is 17.6 Å². The molecule has 1 aromatic heterocycles. The van der Waals surface area contributed by atoms with Crippen molar-refractivity contribution in [1.29, 1.82) is 5.26 Å². The molecular weight excluding hydrogens is 368 g/mol. The molecule has 90 valence electrons. The first-order chi connectivity index (χ1) is 8.11. The van der Waals surface area contributed by atoms with Crippen molar-refractivity contribution in [1.82, 2.24) is 4.90 Å². The molecule has 0 N–H and O–H groups in total. The van der Waals surface area contributed by atoms with Gasteiger partial charge in [-0.1, -0.05) is 0 Å². The number of thiophene rings is 1. The second-order valence-corrected chi connectivity index (χ2v) is 7.18. The second kappa shape index (κ2) is 5.51. The number of rotatable bonds is 1. The molecule has 0 bridgehead atoms. The van der Waals surface area contributed by atoms with E-state index in [1.165, 1.54) is 11.3 Å². The lowest BCUT2D eigenvalue weighted by molar-refractivity contribution is 0.0703. The second-order valence-electron chi connectivity index (χ2n) is 3.95. The first-order valence-corrected chi connectivity index (χ1v) is 7.66. The summed E-state index contributed by atoms with van der Waals surface area (Å²) in [6, 6.07) is 4.07. The van der Waals surface area contributed by atoms with Crippen LogP contribution in [0.5, 0.6) is 0 Å². The summed E-state index contributed by atoms with van der Waals surface area (Å²) in [7, 11) is 0. The first-order valence-electron chi connectivity index (χ1n) is 5.25. The van der Waals surface area contributed by atoms with Gasteiger partial charge in [0.05, 0.1) is 20.7 Å². The number of nitriles is 1. The average Bonchev–Trinajstić information content (AvgIpc) is 2.69. The number of piperidine rings is 1. The molecule has 1 aromatic rings. The molecule has 0 radical (unpaired) electrons. The van der Waals surface area contributed by atoms with Crippen LogP contribution in [0.3, 0.4) is 0 Å². The predicted octanol–water partition coefficient (Wildman–Crippen LogP) is 3.65. The third kappa shape index (κ3) is 2.90. The van der Waals surface area contributed by atoms with Crippen LogP contribution in [0.1, 0.15) is 22.5 Å². The Labute approximate surface area is 121 Å². The summed E-state index contributed by atoms with van der Waals surface area (Å²) in [5.74, 6) is 0.0147. The molecule has 0 aromatic carbocycles. The van der Waals surface area contributed by atoms with Crippen LogP contribution >= 0.6 is 43.2 Å². The van der Waals surface area contributed by atoms with Gasteiger partial charge < -0.3 is 4.90 Å². The van der Waals surface area contributed by atoms with Crippen LogP contribution in [0.15, 0.2) is 14.3 Å². The summed E-state index contributed by atoms with van der Waals surface area (Å²) in [6.45, 7) is 1.31. The van der Waals surface area contributed by atoms with Crippen LogP contribution in [-0.2, 0) is 0 Å². The normalized spacial score (nSPS) is 20.1. The minimum Gasteiger partial charge on any atom is -0.337 e. The van der Waals surface area contributed by atoms with Crippen molar-refractivity contribution in [3.63, 3.8) is 0 Å². The standard InChI is InChI=1S/C11H10Br2N2OS/c12-8-4-9(17-10(8)13)11(16)15-3-1-2-7(5-14)6-15/h4,7H,1-3,6H2. The Kier molecular flexibility index (Phi) is 4.23. The maximum Gasteiger partial charge on any atom is 0.264 e. The molecule has 6 heteroatoms. The minimum atomic E-state index is -0.0143. The van der Waals surface area contributed by atoms with Crippen LogP contribution in [0.25, 0.3) is 0 Å². The van der Waals surface area contributed by atoms with Crippen molar-refractivity contribution >= 4 is 49.1 Å². The van der Waals surface area contributed by atoms with Gasteiger partial charge in [-0.3, -0.25) is 4.79 Å². The third-order valence-electron chi connectivity index (χ3n) is 2.75. The van der Waals surface area contributed by atoms with Crippen LogP contribution in [0.2, 0.25) is 0 Å². The zero-order valence-electron chi connectivity index (χ0n) is 8.95. The molecule has 2 heterocycles. The maximum atomic E-state index is 12.2. The molecular formula is C11H10Br2N2OS. The van der Waals surface area contributed by atoms with Gasteiger partial charge in [0.15, 0.2) is 0 Å². The number of carbonyl (C=O) groups is 1. The van der Waals surface area contributed by atoms with E-state index in [9.17, 15) is 4.79 Å². The van der Waals surface area contributed by atoms with Gasteiger partial charge >= 0.3 is 0 Å². The zero-order valence-corrected chi connectivity index (χ0v) is 12.9. The lowest BCUT2D eigenvalue weighted by atomic mass is 10.00. The molecule has 0 aliphatic carbocycles. The molecule has 1 amide bonds. The Morgan fingerprint density at radius 2 is 2.35 bits per heavy atom. The number of amides is 1. The molecule has 1 atom stereocenters. The fourth-order valence-electron chi connectivity index (χ4n) is 1.87. The summed E-state index contributed by atoms with van der Waals surface area (Å²) >= 11 is 8.18. The van der Waals surface area contributed by atoms with Crippen molar-refractivity contribution < 1.29 is 4.79 Å². The highest BCUT2D eigenvalue weighted by atomic mass is 79.9. The number of halogens is 2. The van der Waals surface area contributed by atoms with E-state index < -0.39 is 0 Å². The van der Waals surface area contributed by atoms with Gasteiger partial charge in [0.25, 0.3) is 5.91 Å². The van der Waals surface area contributed by atoms with Crippen molar-refractivity contribution in [2.45, 2.75) is 12.8 Å². The van der Waals surface area contributed by atoms with E-state index >= 15 is 0 Å². The first kappa shape index (κ1) is 13.1. The highest BCUT2D eigenvalue weighted by molar-refractivity contribution is 9.13. The zero-order chi connectivity index (χ0) is 12.4. The van der Waals surface area contributed by atoms with Crippen LogP contribution in [-0.4, -0.2) is 23.9 Å². The number of nitrogens with zero attached hydrogens (tertiary/aromatic N) is 2. The number of hydrogen-bond donors (Lipinski definition) is 0. The Balaban J connectivity index is 2.12. The van der Waals surface area contributed by atoms with Gasteiger partial charge in [-0.25, -0.2) is 0 Å². The van der Waals surface area contributed by atoms with Gasteiger partial charge in [-0.15, -0.1) is 11.3 Å². The average molecular weight is 378 g/mol. The largest absolute Gasteiger partial charge is 0.337 e. The Morgan fingerprint density at radius 3 is 2.94 bits per heavy atom. The lowest BCUT2D eigenvalue weighted by Crippen LogP contribution is -2.39. The van der Waals surface area contributed by atoms with E-state index in [2.05, 4.69) is 37.9 Å². The fraction of sp³-hybridized carbons (Fsp3) is 0.455. The van der Waals surface area contributed by atoms with Crippen molar-refractivity contribution in [3.8, 4) is 6.07 Å².